The summed E-state index contributed by atoms with van der Waals surface area (Å²) in [5.74, 6) is -0.212. The molecule has 2 heterocycles. The van der Waals surface area contributed by atoms with Crippen molar-refractivity contribution in [2.24, 2.45) is 0 Å². The molecule has 140 valence electrons. The molecule has 1 aromatic carbocycles. The van der Waals surface area contributed by atoms with E-state index in [4.69, 9.17) is 0 Å². The van der Waals surface area contributed by atoms with Gasteiger partial charge in [-0.15, -0.1) is 0 Å². The maximum Gasteiger partial charge on any atom is 0.321 e. The summed E-state index contributed by atoms with van der Waals surface area (Å²) in [5.41, 5.74) is 1.12. The highest BCUT2D eigenvalue weighted by molar-refractivity contribution is 6.00. The molecule has 0 aliphatic carbocycles. The second-order valence-electron chi connectivity index (χ2n) is 6.84. The summed E-state index contributed by atoms with van der Waals surface area (Å²) < 4.78 is 0. The van der Waals surface area contributed by atoms with Crippen LogP contribution in [0.5, 0.6) is 0 Å². The number of urea groups is 1. The Labute approximate surface area is 153 Å². The molecular weight excluding hydrogens is 332 g/mol. The summed E-state index contributed by atoms with van der Waals surface area (Å²) in [6.07, 6.45) is 5.40. The summed E-state index contributed by atoms with van der Waals surface area (Å²) >= 11 is 0. The monoisotopic (exact) mass is 358 g/mol. The van der Waals surface area contributed by atoms with E-state index in [1.54, 1.807) is 28.0 Å². The molecule has 0 aromatic heterocycles. The summed E-state index contributed by atoms with van der Waals surface area (Å²) in [5, 5.41) is 5.70. The van der Waals surface area contributed by atoms with Crippen LogP contribution in [0.15, 0.2) is 24.3 Å². The zero-order chi connectivity index (χ0) is 18.4. The van der Waals surface area contributed by atoms with Crippen molar-refractivity contribution in [1.29, 1.82) is 0 Å². The second-order valence-corrected chi connectivity index (χ2v) is 6.84. The van der Waals surface area contributed by atoms with Crippen molar-refractivity contribution in [2.75, 3.05) is 36.8 Å². The third-order valence-electron chi connectivity index (χ3n) is 4.84. The van der Waals surface area contributed by atoms with Crippen LogP contribution in [0.25, 0.3) is 0 Å². The van der Waals surface area contributed by atoms with E-state index in [1.165, 1.54) is 0 Å². The lowest BCUT2D eigenvalue weighted by Crippen LogP contribution is -2.37. The van der Waals surface area contributed by atoms with Crippen molar-refractivity contribution in [1.82, 2.24) is 9.80 Å². The number of nitrogens with zero attached hydrogens (tertiary/aromatic N) is 2. The molecule has 0 spiro atoms. The van der Waals surface area contributed by atoms with Crippen LogP contribution in [0.2, 0.25) is 0 Å². The highest BCUT2D eigenvalue weighted by atomic mass is 16.2. The zero-order valence-electron chi connectivity index (χ0n) is 15.0. The van der Waals surface area contributed by atoms with Gasteiger partial charge in [0.05, 0.1) is 17.9 Å². The van der Waals surface area contributed by atoms with Gasteiger partial charge in [0.1, 0.15) is 0 Å². The van der Waals surface area contributed by atoms with Crippen LogP contribution in [0.3, 0.4) is 0 Å². The SMILES string of the molecule is O=C(CN1CCCCCC1=O)Nc1ccccc1NC(=O)N1CCCC1. The summed E-state index contributed by atoms with van der Waals surface area (Å²) in [6, 6.07) is 6.99. The van der Waals surface area contributed by atoms with Gasteiger partial charge in [-0.2, -0.15) is 0 Å². The Morgan fingerprint density at radius 1 is 0.885 bits per heavy atom. The smallest absolute Gasteiger partial charge is 0.321 e. The van der Waals surface area contributed by atoms with Crippen LogP contribution >= 0.6 is 0 Å². The number of hydrogen-bond acceptors (Lipinski definition) is 3. The van der Waals surface area contributed by atoms with Crippen LogP contribution in [0, 0.1) is 0 Å². The molecule has 7 heteroatoms. The molecule has 26 heavy (non-hydrogen) atoms. The fraction of sp³-hybridized carbons (Fsp3) is 0.526. The number of anilines is 2. The Morgan fingerprint density at radius 3 is 2.27 bits per heavy atom. The lowest BCUT2D eigenvalue weighted by molar-refractivity contribution is -0.134. The highest BCUT2D eigenvalue weighted by Crippen LogP contribution is 2.22. The quantitative estimate of drug-likeness (QED) is 0.868. The van der Waals surface area contributed by atoms with E-state index in [-0.39, 0.29) is 24.4 Å². The number of carbonyl (C=O) groups excluding carboxylic acids is 3. The minimum Gasteiger partial charge on any atom is -0.333 e. The first-order valence-corrected chi connectivity index (χ1v) is 9.36. The number of hydrogen-bond donors (Lipinski definition) is 2. The van der Waals surface area contributed by atoms with E-state index in [9.17, 15) is 14.4 Å². The van der Waals surface area contributed by atoms with Gasteiger partial charge in [0, 0.05) is 26.1 Å². The van der Waals surface area contributed by atoms with Crippen LogP contribution < -0.4 is 10.6 Å². The molecule has 2 aliphatic heterocycles. The van der Waals surface area contributed by atoms with Crippen molar-refractivity contribution < 1.29 is 14.4 Å². The molecule has 0 bridgehead atoms. The Kier molecular flexibility index (Phi) is 6.09. The van der Waals surface area contributed by atoms with Crippen molar-refractivity contribution in [2.45, 2.75) is 38.5 Å². The lowest BCUT2D eigenvalue weighted by atomic mass is 10.2. The molecule has 2 saturated heterocycles. The topological polar surface area (TPSA) is 81.8 Å². The molecule has 2 N–H and O–H groups in total. The third-order valence-corrected chi connectivity index (χ3v) is 4.84. The van der Waals surface area contributed by atoms with E-state index in [1.807, 2.05) is 6.07 Å². The van der Waals surface area contributed by atoms with Crippen LogP contribution in [0.1, 0.15) is 38.5 Å². The fourth-order valence-corrected chi connectivity index (χ4v) is 3.38. The summed E-state index contributed by atoms with van der Waals surface area (Å²) in [6.45, 7) is 2.20. The number of likely N-dealkylation sites (tertiary alicyclic amines) is 2. The highest BCUT2D eigenvalue weighted by Gasteiger charge is 2.21. The largest absolute Gasteiger partial charge is 0.333 e. The molecule has 4 amide bonds. The number of amides is 4. The summed E-state index contributed by atoms with van der Waals surface area (Å²) in [4.78, 5) is 40.1. The lowest BCUT2D eigenvalue weighted by Gasteiger charge is -2.21. The predicted octanol–water partition coefficient (Wildman–Crippen LogP) is 2.66. The molecule has 0 atom stereocenters. The standard InChI is InChI=1S/C19H26N4O3/c24-17(14-23-13-5-1-2-10-18(23)25)20-15-8-3-4-9-16(15)21-19(26)22-11-6-7-12-22/h3-4,8-9H,1-2,5-7,10-14H2,(H,20,24)(H,21,26). The molecule has 2 aliphatic rings. The maximum atomic E-state index is 12.4. The number of carbonyl (C=O) groups is 3. The van der Waals surface area contributed by atoms with E-state index < -0.39 is 0 Å². The Morgan fingerprint density at radius 2 is 1.54 bits per heavy atom. The van der Waals surface area contributed by atoms with Gasteiger partial charge in [0.25, 0.3) is 0 Å². The first kappa shape index (κ1) is 18.2. The van der Waals surface area contributed by atoms with Crippen molar-refractivity contribution >= 4 is 29.2 Å². The van der Waals surface area contributed by atoms with Crippen molar-refractivity contribution in [3.8, 4) is 0 Å². The molecule has 1 aromatic rings. The fourth-order valence-electron chi connectivity index (χ4n) is 3.38. The molecule has 0 saturated carbocycles. The molecule has 2 fully saturated rings. The Balaban J connectivity index is 1.61. The van der Waals surface area contributed by atoms with Crippen molar-refractivity contribution in [3.63, 3.8) is 0 Å². The van der Waals surface area contributed by atoms with E-state index in [0.29, 0.717) is 24.3 Å². The van der Waals surface area contributed by atoms with Gasteiger partial charge in [-0.1, -0.05) is 18.6 Å². The average Bonchev–Trinajstić information content (AvgIpc) is 3.09. The van der Waals surface area contributed by atoms with Gasteiger partial charge in [0.2, 0.25) is 11.8 Å². The number of nitrogens with one attached hydrogen (secondary N) is 2. The normalized spacial score (nSPS) is 17.8. The van der Waals surface area contributed by atoms with Gasteiger partial charge in [0.15, 0.2) is 0 Å². The molecule has 0 radical (unpaired) electrons. The molecule has 7 nitrogen and oxygen atoms in total. The van der Waals surface area contributed by atoms with Crippen LogP contribution in [-0.2, 0) is 9.59 Å². The average molecular weight is 358 g/mol. The third kappa shape index (κ3) is 4.74. The van der Waals surface area contributed by atoms with E-state index >= 15 is 0 Å². The van der Waals surface area contributed by atoms with Crippen molar-refractivity contribution in [3.05, 3.63) is 24.3 Å². The number of rotatable bonds is 4. The molecular formula is C19H26N4O3. The first-order valence-electron chi connectivity index (χ1n) is 9.36. The maximum absolute atomic E-state index is 12.4. The minimum atomic E-state index is -0.247. The number of para-hydroxylation sites is 2. The van der Waals surface area contributed by atoms with Gasteiger partial charge < -0.3 is 20.4 Å². The Hall–Kier alpha value is -2.57. The van der Waals surface area contributed by atoms with Gasteiger partial charge in [-0.25, -0.2) is 4.79 Å². The predicted molar refractivity (Wildman–Crippen MR) is 99.9 cm³/mol. The van der Waals surface area contributed by atoms with Gasteiger partial charge in [-0.05, 0) is 37.8 Å². The first-order chi connectivity index (χ1) is 12.6. The van der Waals surface area contributed by atoms with E-state index in [0.717, 1.165) is 45.2 Å². The second kappa shape index (κ2) is 8.69. The molecule has 0 unspecified atom stereocenters. The minimum absolute atomic E-state index is 0.0354. The van der Waals surface area contributed by atoms with E-state index in [2.05, 4.69) is 10.6 Å². The Bertz CT molecular complexity index is 671. The zero-order valence-corrected chi connectivity index (χ0v) is 15.0. The number of benzene rings is 1. The van der Waals surface area contributed by atoms with Crippen LogP contribution in [0.4, 0.5) is 16.2 Å². The van der Waals surface area contributed by atoms with Gasteiger partial charge in [-0.3, -0.25) is 9.59 Å². The molecule has 3 rings (SSSR count). The van der Waals surface area contributed by atoms with Crippen LogP contribution in [-0.4, -0.2) is 53.8 Å². The summed E-state index contributed by atoms with van der Waals surface area (Å²) in [7, 11) is 0. The van der Waals surface area contributed by atoms with Gasteiger partial charge >= 0.3 is 6.03 Å².